The fraction of sp³-hybridized carbons (Fsp3) is 0.154. The van der Waals surface area contributed by atoms with Crippen LogP contribution in [0.4, 0.5) is 5.69 Å². The Labute approximate surface area is 105 Å². The number of hydrogen-bond donors (Lipinski definition) is 1. The van der Waals surface area contributed by atoms with Gasteiger partial charge in [-0.2, -0.15) is 0 Å². The minimum atomic E-state index is -0.488. The van der Waals surface area contributed by atoms with Crippen LogP contribution < -0.4 is 5.32 Å². The Morgan fingerprint density at radius 2 is 2.33 bits per heavy atom. The molecule has 92 valence electrons. The van der Waals surface area contributed by atoms with Crippen LogP contribution in [-0.2, 0) is 4.79 Å². The first-order valence-electron chi connectivity index (χ1n) is 5.22. The lowest BCUT2D eigenvalue weighted by Gasteiger charge is -2.03. The molecule has 0 aliphatic rings. The van der Waals surface area contributed by atoms with Crippen LogP contribution in [0.25, 0.3) is 6.08 Å². The molecule has 18 heavy (non-hydrogen) atoms. The second-order valence-electron chi connectivity index (χ2n) is 3.58. The predicted octanol–water partition coefficient (Wildman–Crippen LogP) is 1.75. The number of benzene rings is 1. The van der Waals surface area contributed by atoms with E-state index in [-0.39, 0.29) is 17.6 Å². The second kappa shape index (κ2) is 6.21. The van der Waals surface area contributed by atoms with E-state index in [1.165, 1.54) is 24.3 Å². The first-order valence-corrected chi connectivity index (χ1v) is 5.22. The van der Waals surface area contributed by atoms with Crippen molar-refractivity contribution in [3.63, 3.8) is 0 Å². The molecule has 1 amide bonds. The Morgan fingerprint density at radius 3 is 2.94 bits per heavy atom. The zero-order valence-corrected chi connectivity index (χ0v) is 9.79. The molecule has 0 fully saturated rings. The summed E-state index contributed by atoms with van der Waals surface area (Å²) in [6.07, 6.45) is 7.89. The quantitative estimate of drug-likeness (QED) is 0.379. The third kappa shape index (κ3) is 4.10. The van der Waals surface area contributed by atoms with Gasteiger partial charge in [0.1, 0.15) is 0 Å². The van der Waals surface area contributed by atoms with Gasteiger partial charge in [0, 0.05) is 18.2 Å². The van der Waals surface area contributed by atoms with E-state index < -0.39 is 4.92 Å². The van der Waals surface area contributed by atoms with E-state index in [9.17, 15) is 14.9 Å². The summed E-state index contributed by atoms with van der Waals surface area (Å²) in [7, 11) is 0. The Balaban J connectivity index is 2.73. The maximum Gasteiger partial charge on any atom is 0.270 e. The van der Waals surface area contributed by atoms with Crippen LogP contribution in [0, 0.1) is 22.5 Å². The molecule has 0 aliphatic carbocycles. The lowest BCUT2D eigenvalue weighted by molar-refractivity contribution is -0.384. The molecule has 0 heterocycles. The first kappa shape index (κ1) is 13.5. The number of terminal acetylenes is 1. The van der Waals surface area contributed by atoms with Crippen LogP contribution in [0.3, 0.4) is 0 Å². The molecule has 1 unspecified atom stereocenters. The molecular formula is C13H12N2O3. The summed E-state index contributed by atoms with van der Waals surface area (Å²) in [6, 6.07) is 5.64. The minimum Gasteiger partial charge on any atom is -0.339 e. The van der Waals surface area contributed by atoms with Gasteiger partial charge < -0.3 is 5.32 Å². The second-order valence-corrected chi connectivity index (χ2v) is 3.58. The maximum absolute atomic E-state index is 11.4. The van der Waals surface area contributed by atoms with Crippen molar-refractivity contribution in [1.29, 1.82) is 0 Å². The van der Waals surface area contributed by atoms with Crippen molar-refractivity contribution < 1.29 is 9.72 Å². The standard InChI is InChI=1S/C13H12N2O3/c1-3-10(2)14-13(16)8-7-11-5-4-6-12(9-11)15(17)18/h1,4-10H,2H3,(H,14,16)/b8-7+. The molecule has 0 aromatic heterocycles. The SMILES string of the molecule is C#CC(C)NC(=O)/C=C/c1cccc([N+](=O)[O-])c1. The average Bonchev–Trinajstić information content (AvgIpc) is 2.36. The molecule has 0 aliphatic heterocycles. The molecule has 5 heteroatoms. The third-order valence-electron chi connectivity index (χ3n) is 2.12. The van der Waals surface area contributed by atoms with E-state index in [2.05, 4.69) is 11.2 Å². The van der Waals surface area contributed by atoms with Gasteiger partial charge in [0.05, 0.1) is 11.0 Å². The molecule has 1 aromatic carbocycles. The van der Waals surface area contributed by atoms with Crippen LogP contribution >= 0.6 is 0 Å². The molecule has 0 spiro atoms. The van der Waals surface area contributed by atoms with Crippen molar-refractivity contribution in [3.05, 3.63) is 46.0 Å². The molecule has 1 aromatic rings. The van der Waals surface area contributed by atoms with Crippen molar-refractivity contribution in [3.8, 4) is 12.3 Å². The number of carbonyl (C=O) groups excluding carboxylic acids is 1. The van der Waals surface area contributed by atoms with Crippen LogP contribution in [0.2, 0.25) is 0 Å². The van der Waals surface area contributed by atoms with Gasteiger partial charge in [-0.05, 0) is 18.6 Å². The highest BCUT2D eigenvalue weighted by Crippen LogP contribution is 2.13. The van der Waals surface area contributed by atoms with Crippen molar-refractivity contribution in [2.45, 2.75) is 13.0 Å². The maximum atomic E-state index is 11.4. The largest absolute Gasteiger partial charge is 0.339 e. The number of carbonyl (C=O) groups is 1. The lowest BCUT2D eigenvalue weighted by Crippen LogP contribution is -2.29. The summed E-state index contributed by atoms with van der Waals surface area (Å²) >= 11 is 0. The van der Waals surface area contributed by atoms with E-state index in [4.69, 9.17) is 6.42 Å². The molecule has 0 radical (unpaired) electrons. The number of nitrogens with one attached hydrogen (secondary N) is 1. The Kier molecular flexibility index (Phi) is 4.64. The zero-order valence-electron chi connectivity index (χ0n) is 9.79. The molecule has 0 bridgehead atoms. The number of nitro benzene ring substituents is 1. The van der Waals surface area contributed by atoms with E-state index in [1.807, 2.05) is 0 Å². The number of amides is 1. The van der Waals surface area contributed by atoms with E-state index in [0.29, 0.717) is 5.56 Å². The monoisotopic (exact) mass is 244 g/mol. The van der Waals surface area contributed by atoms with Gasteiger partial charge in [0.15, 0.2) is 0 Å². The van der Waals surface area contributed by atoms with Crippen molar-refractivity contribution >= 4 is 17.7 Å². The highest BCUT2D eigenvalue weighted by Gasteiger charge is 2.04. The highest BCUT2D eigenvalue weighted by atomic mass is 16.6. The summed E-state index contributed by atoms with van der Waals surface area (Å²) in [5.74, 6) is 2.02. The summed E-state index contributed by atoms with van der Waals surface area (Å²) < 4.78 is 0. The smallest absolute Gasteiger partial charge is 0.270 e. The van der Waals surface area contributed by atoms with Gasteiger partial charge in [-0.1, -0.05) is 18.1 Å². The Morgan fingerprint density at radius 1 is 1.61 bits per heavy atom. The van der Waals surface area contributed by atoms with Gasteiger partial charge in [0.25, 0.3) is 5.69 Å². The summed E-state index contributed by atoms with van der Waals surface area (Å²) in [4.78, 5) is 21.4. The third-order valence-corrected chi connectivity index (χ3v) is 2.12. The number of rotatable bonds is 4. The molecule has 1 rings (SSSR count). The Hall–Kier alpha value is -2.61. The highest BCUT2D eigenvalue weighted by molar-refractivity contribution is 5.92. The van der Waals surface area contributed by atoms with Gasteiger partial charge >= 0.3 is 0 Å². The summed E-state index contributed by atoms with van der Waals surface area (Å²) in [6.45, 7) is 1.68. The van der Waals surface area contributed by atoms with Crippen LogP contribution in [0.15, 0.2) is 30.3 Å². The summed E-state index contributed by atoms with van der Waals surface area (Å²) in [5, 5.41) is 13.1. The molecule has 5 nitrogen and oxygen atoms in total. The van der Waals surface area contributed by atoms with Crippen molar-refractivity contribution in [2.24, 2.45) is 0 Å². The van der Waals surface area contributed by atoms with Gasteiger partial charge in [-0.3, -0.25) is 14.9 Å². The molecule has 0 saturated carbocycles. The topological polar surface area (TPSA) is 72.2 Å². The van der Waals surface area contributed by atoms with E-state index in [1.54, 1.807) is 19.1 Å². The van der Waals surface area contributed by atoms with Gasteiger partial charge in [0.2, 0.25) is 5.91 Å². The van der Waals surface area contributed by atoms with Crippen LogP contribution in [0.1, 0.15) is 12.5 Å². The van der Waals surface area contributed by atoms with Gasteiger partial charge in [-0.15, -0.1) is 6.42 Å². The number of nitro groups is 1. The van der Waals surface area contributed by atoms with E-state index in [0.717, 1.165) is 0 Å². The molecule has 0 saturated heterocycles. The molecular weight excluding hydrogens is 232 g/mol. The zero-order chi connectivity index (χ0) is 13.5. The van der Waals surface area contributed by atoms with Gasteiger partial charge in [-0.25, -0.2) is 0 Å². The average molecular weight is 244 g/mol. The minimum absolute atomic E-state index is 0.0189. The lowest BCUT2D eigenvalue weighted by atomic mass is 10.2. The first-order chi connectivity index (χ1) is 8.52. The van der Waals surface area contributed by atoms with Crippen molar-refractivity contribution in [2.75, 3.05) is 0 Å². The summed E-state index contributed by atoms with van der Waals surface area (Å²) in [5.41, 5.74) is 0.558. The van der Waals surface area contributed by atoms with Crippen LogP contribution in [0.5, 0.6) is 0 Å². The number of hydrogen-bond acceptors (Lipinski definition) is 3. The Bertz CT molecular complexity index is 529. The fourth-order valence-corrected chi connectivity index (χ4v) is 1.22. The fourth-order valence-electron chi connectivity index (χ4n) is 1.22. The number of nitrogens with zero attached hydrogens (tertiary/aromatic N) is 1. The normalized spacial score (nSPS) is 11.8. The van der Waals surface area contributed by atoms with Crippen molar-refractivity contribution in [1.82, 2.24) is 5.32 Å². The van der Waals surface area contributed by atoms with E-state index >= 15 is 0 Å². The molecule has 1 atom stereocenters. The molecule has 1 N–H and O–H groups in total. The van der Waals surface area contributed by atoms with Crippen LogP contribution in [-0.4, -0.2) is 16.9 Å². The number of non-ortho nitro benzene ring substituents is 1. The predicted molar refractivity (Wildman–Crippen MR) is 68.6 cm³/mol.